The SMILES string of the molecule is CCN(C(=O)CSc1nnc(-c2cccc(S(=O)(=O)N(C)C)c2)n1CC(OC)OC)C1CC1. The van der Waals surface area contributed by atoms with Gasteiger partial charge >= 0.3 is 0 Å². The summed E-state index contributed by atoms with van der Waals surface area (Å²) in [5, 5.41) is 9.14. The van der Waals surface area contributed by atoms with Gasteiger partial charge in [-0.2, -0.15) is 0 Å². The van der Waals surface area contributed by atoms with Gasteiger partial charge in [-0.1, -0.05) is 23.9 Å². The van der Waals surface area contributed by atoms with E-state index in [9.17, 15) is 13.2 Å². The molecule has 12 heteroatoms. The lowest BCUT2D eigenvalue weighted by Gasteiger charge is -2.20. The Hall–Kier alpha value is -1.99. The Morgan fingerprint density at radius 2 is 1.94 bits per heavy atom. The summed E-state index contributed by atoms with van der Waals surface area (Å²) in [5.41, 5.74) is 0.586. The monoisotopic (exact) mass is 497 g/mol. The van der Waals surface area contributed by atoms with Crippen LogP contribution in [-0.2, 0) is 30.8 Å². The second-order valence-corrected chi connectivity index (χ2v) is 10.9. The number of sulfonamides is 1. The molecule has 1 saturated carbocycles. The normalized spacial score (nSPS) is 14.3. The van der Waals surface area contributed by atoms with Crippen LogP contribution in [0.2, 0.25) is 0 Å². The highest BCUT2D eigenvalue weighted by atomic mass is 32.2. The predicted octanol–water partition coefficient (Wildman–Crippen LogP) is 1.92. The van der Waals surface area contributed by atoms with Crippen molar-refractivity contribution in [2.75, 3.05) is 40.6 Å². The van der Waals surface area contributed by atoms with Crippen LogP contribution < -0.4 is 0 Å². The third-order valence-corrected chi connectivity index (χ3v) is 8.18. The maximum absolute atomic E-state index is 12.7. The molecule has 33 heavy (non-hydrogen) atoms. The molecule has 1 fully saturated rings. The molecule has 1 aliphatic carbocycles. The van der Waals surface area contributed by atoms with Crippen molar-refractivity contribution in [2.24, 2.45) is 0 Å². The van der Waals surface area contributed by atoms with Crippen molar-refractivity contribution >= 4 is 27.7 Å². The van der Waals surface area contributed by atoms with Gasteiger partial charge in [-0.25, -0.2) is 12.7 Å². The van der Waals surface area contributed by atoms with Gasteiger partial charge in [-0.05, 0) is 31.9 Å². The van der Waals surface area contributed by atoms with E-state index >= 15 is 0 Å². The van der Waals surface area contributed by atoms with Crippen molar-refractivity contribution in [1.82, 2.24) is 24.0 Å². The molecule has 1 aliphatic rings. The van der Waals surface area contributed by atoms with E-state index in [0.717, 1.165) is 17.1 Å². The largest absolute Gasteiger partial charge is 0.354 e. The second kappa shape index (κ2) is 11.0. The van der Waals surface area contributed by atoms with E-state index in [2.05, 4.69) is 10.2 Å². The molecule has 2 aromatic rings. The van der Waals surface area contributed by atoms with E-state index in [1.807, 2.05) is 11.8 Å². The van der Waals surface area contributed by atoms with Crippen LogP contribution >= 0.6 is 11.8 Å². The van der Waals surface area contributed by atoms with E-state index in [-0.39, 0.29) is 23.1 Å². The number of carbonyl (C=O) groups excluding carboxylic acids is 1. The summed E-state index contributed by atoms with van der Waals surface area (Å²) in [4.78, 5) is 14.8. The number of nitrogens with zero attached hydrogens (tertiary/aromatic N) is 5. The number of rotatable bonds is 12. The zero-order valence-corrected chi connectivity index (χ0v) is 21.2. The van der Waals surface area contributed by atoms with Crippen LogP contribution in [-0.4, -0.2) is 91.2 Å². The minimum atomic E-state index is -3.61. The molecule has 0 unspecified atom stereocenters. The minimum absolute atomic E-state index is 0.0650. The van der Waals surface area contributed by atoms with Gasteiger partial charge < -0.3 is 14.4 Å². The molecule has 0 N–H and O–H groups in total. The first kappa shape index (κ1) is 25.6. The van der Waals surface area contributed by atoms with Crippen LogP contribution in [0.3, 0.4) is 0 Å². The topological polar surface area (TPSA) is 107 Å². The molecule has 0 bridgehead atoms. The summed E-state index contributed by atoms with van der Waals surface area (Å²) in [6.45, 7) is 2.94. The summed E-state index contributed by atoms with van der Waals surface area (Å²) in [6.07, 6.45) is 1.54. The first-order chi connectivity index (χ1) is 15.7. The fraction of sp³-hybridized carbons (Fsp3) is 0.571. The third-order valence-electron chi connectivity index (χ3n) is 5.42. The molecule has 1 heterocycles. The number of carbonyl (C=O) groups is 1. The van der Waals surface area contributed by atoms with Crippen molar-refractivity contribution in [3.63, 3.8) is 0 Å². The average Bonchev–Trinajstić information content (AvgIpc) is 3.56. The molecular formula is C21H31N5O5S2. The van der Waals surface area contributed by atoms with Crippen molar-refractivity contribution in [3.05, 3.63) is 24.3 Å². The van der Waals surface area contributed by atoms with Crippen LogP contribution in [0.15, 0.2) is 34.3 Å². The molecule has 3 rings (SSSR count). The smallest absolute Gasteiger partial charge is 0.242 e. The molecule has 1 amide bonds. The van der Waals surface area contributed by atoms with Crippen LogP contribution in [0.5, 0.6) is 0 Å². The highest BCUT2D eigenvalue weighted by molar-refractivity contribution is 7.99. The molecule has 0 radical (unpaired) electrons. The first-order valence-corrected chi connectivity index (χ1v) is 13.1. The van der Waals surface area contributed by atoms with Gasteiger partial charge in [0.1, 0.15) is 0 Å². The number of ether oxygens (including phenoxy) is 2. The number of hydrogen-bond donors (Lipinski definition) is 0. The Morgan fingerprint density at radius 3 is 2.52 bits per heavy atom. The standard InChI is InChI=1S/C21H31N5O5S2/c1-6-25(16-10-11-16)18(27)14-32-21-23-22-20(26(21)13-19(30-4)31-5)15-8-7-9-17(12-15)33(28,29)24(2)3/h7-9,12,16,19H,6,10-11,13-14H2,1-5H3. The quantitative estimate of drug-likeness (QED) is 0.323. The molecular weight excluding hydrogens is 466 g/mol. The number of hydrogen-bond acceptors (Lipinski definition) is 8. The Labute approximate surface area is 199 Å². The molecule has 0 spiro atoms. The van der Waals surface area contributed by atoms with Crippen LogP contribution in [0.4, 0.5) is 0 Å². The zero-order valence-electron chi connectivity index (χ0n) is 19.6. The van der Waals surface area contributed by atoms with E-state index in [0.29, 0.717) is 29.1 Å². The number of benzene rings is 1. The fourth-order valence-electron chi connectivity index (χ4n) is 3.41. The summed E-state index contributed by atoms with van der Waals surface area (Å²) >= 11 is 1.30. The molecule has 0 aliphatic heterocycles. The van der Waals surface area contributed by atoms with E-state index in [4.69, 9.17) is 9.47 Å². The van der Waals surface area contributed by atoms with Gasteiger partial charge in [0.05, 0.1) is 17.2 Å². The number of amides is 1. The Morgan fingerprint density at radius 1 is 1.24 bits per heavy atom. The maximum atomic E-state index is 12.7. The van der Waals surface area contributed by atoms with Crippen LogP contribution in [0.1, 0.15) is 19.8 Å². The number of aromatic nitrogens is 3. The minimum Gasteiger partial charge on any atom is -0.354 e. The van der Waals surface area contributed by atoms with Crippen molar-refractivity contribution in [1.29, 1.82) is 0 Å². The Balaban J connectivity index is 1.92. The highest BCUT2D eigenvalue weighted by Crippen LogP contribution is 2.30. The van der Waals surface area contributed by atoms with Gasteiger partial charge in [0.25, 0.3) is 0 Å². The van der Waals surface area contributed by atoms with E-state index in [1.165, 1.54) is 46.1 Å². The lowest BCUT2D eigenvalue weighted by molar-refractivity contribution is -0.128. The summed E-state index contributed by atoms with van der Waals surface area (Å²) in [6, 6.07) is 6.90. The lowest BCUT2D eigenvalue weighted by Crippen LogP contribution is -2.34. The van der Waals surface area contributed by atoms with Crippen LogP contribution in [0.25, 0.3) is 11.4 Å². The molecule has 0 atom stereocenters. The Bertz CT molecular complexity index is 1060. The number of methoxy groups -OCH3 is 2. The second-order valence-electron chi connectivity index (χ2n) is 7.83. The predicted molar refractivity (Wildman–Crippen MR) is 125 cm³/mol. The molecule has 10 nitrogen and oxygen atoms in total. The molecule has 182 valence electrons. The van der Waals surface area contributed by atoms with Gasteiger partial charge in [0, 0.05) is 46.5 Å². The maximum Gasteiger partial charge on any atom is 0.242 e. The van der Waals surface area contributed by atoms with E-state index < -0.39 is 16.3 Å². The Kier molecular flexibility index (Phi) is 8.51. The van der Waals surface area contributed by atoms with Crippen molar-refractivity contribution < 1.29 is 22.7 Å². The van der Waals surface area contributed by atoms with Crippen molar-refractivity contribution in [3.8, 4) is 11.4 Å². The number of thioether (sulfide) groups is 1. The molecule has 1 aromatic heterocycles. The fourth-order valence-corrected chi connectivity index (χ4v) is 5.19. The van der Waals surface area contributed by atoms with Crippen LogP contribution in [0, 0.1) is 0 Å². The summed E-state index contributed by atoms with van der Waals surface area (Å²) in [5.74, 6) is 0.770. The van der Waals surface area contributed by atoms with Gasteiger partial charge in [0.15, 0.2) is 17.3 Å². The zero-order chi connectivity index (χ0) is 24.2. The average molecular weight is 498 g/mol. The lowest BCUT2D eigenvalue weighted by atomic mass is 10.2. The first-order valence-electron chi connectivity index (χ1n) is 10.7. The third kappa shape index (κ3) is 5.93. The molecule has 0 saturated heterocycles. The summed E-state index contributed by atoms with van der Waals surface area (Å²) < 4.78 is 38.9. The van der Waals surface area contributed by atoms with E-state index in [1.54, 1.807) is 22.8 Å². The van der Waals surface area contributed by atoms with Crippen molar-refractivity contribution in [2.45, 2.75) is 48.7 Å². The summed E-state index contributed by atoms with van der Waals surface area (Å²) in [7, 11) is 2.43. The molecule has 1 aromatic carbocycles. The van der Waals surface area contributed by atoms with Gasteiger partial charge in [-0.15, -0.1) is 10.2 Å². The van der Waals surface area contributed by atoms with Gasteiger partial charge in [-0.3, -0.25) is 9.36 Å². The highest BCUT2D eigenvalue weighted by Gasteiger charge is 2.31. The van der Waals surface area contributed by atoms with Gasteiger partial charge in [0.2, 0.25) is 15.9 Å².